The maximum atomic E-state index is 13.7. The van der Waals surface area contributed by atoms with Crippen LogP contribution in [0.2, 0.25) is 0 Å². The van der Waals surface area contributed by atoms with Gasteiger partial charge < -0.3 is 11.1 Å². The van der Waals surface area contributed by atoms with Crippen molar-refractivity contribution in [2.24, 2.45) is 12.8 Å². The highest BCUT2D eigenvalue weighted by Gasteiger charge is 2.40. The highest BCUT2D eigenvalue weighted by Crippen LogP contribution is 2.45. The molecule has 0 aromatic carbocycles. The molecule has 4 heterocycles. The maximum Gasteiger partial charge on any atom is 0.434 e. The first-order valence-corrected chi connectivity index (χ1v) is 12.2. The van der Waals surface area contributed by atoms with Gasteiger partial charge in [-0.3, -0.25) is 19.0 Å². The molecule has 4 aromatic rings. The van der Waals surface area contributed by atoms with E-state index >= 15 is 0 Å². The van der Waals surface area contributed by atoms with Crippen molar-refractivity contribution in [2.75, 3.05) is 5.32 Å². The summed E-state index contributed by atoms with van der Waals surface area (Å²) in [5.41, 5.74) is 2.64. The zero-order chi connectivity index (χ0) is 28.3. The summed E-state index contributed by atoms with van der Waals surface area (Å²) < 4.78 is 82.6. The largest absolute Gasteiger partial charge is 0.434 e. The average Bonchev–Trinajstić information content (AvgIpc) is 3.44. The SMILES string of the molecule is CCn1ncc(-c2cc(C(F)(F)F)nc3sc(C(N)=O)c(NC(=O)c4nn(C)c(C(F)(F)F)c4Br)c23)c1C. The number of nitrogens with two attached hydrogens (primary N) is 1. The Morgan fingerprint density at radius 1 is 1.16 bits per heavy atom. The van der Waals surface area contributed by atoms with E-state index in [-0.39, 0.29) is 31.9 Å². The Hall–Kier alpha value is -3.47. The van der Waals surface area contributed by atoms with Crippen molar-refractivity contribution in [3.8, 4) is 11.1 Å². The topological polar surface area (TPSA) is 121 Å². The van der Waals surface area contributed by atoms with Crippen LogP contribution in [0.5, 0.6) is 0 Å². The van der Waals surface area contributed by atoms with E-state index in [9.17, 15) is 35.9 Å². The summed E-state index contributed by atoms with van der Waals surface area (Å²) in [6.07, 6.45) is -8.38. The summed E-state index contributed by atoms with van der Waals surface area (Å²) >= 11 is 3.24. The van der Waals surface area contributed by atoms with E-state index < -0.39 is 45.7 Å². The number of aromatic nitrogens is 5. The molecule has 9 nitrogen and oxygen atoms in total. The molecule has 4 rings (SSSR count). The van der Waals surface area contributed by atoms with Crippen molar-refractivity contribution in [3.05, 3.63) is 44.4 Å². The van der Waals surface area contributed by atoms with Gasteiger partial charge in [-0.05, 0) is 41.4 Å². The fourth-order valence-corrected chi connectivity index (χ4v) is 5.65. The summed E-state index contributed by atoms with van der Waals surface area (Å²) in [5.74, 6) is -2.27. The Labute approximate surface area is 221 Å². The van der Waals surface area contributed by atoms with Gasteiger partial charge in [0.2, 0.25) is 0 Å². The Bertz CT molecular complexity index is 1600. The molecule has 0 fully saturated rings. The standard InChI is InChI=1S/C21H16BrF6N7O2S/c1-4-35-7(2)9(6-30-35)8-5-10(20(23,24)25)31-19-11(8)13(15(38-19)17(29)36)32-18(37)14-12(22)16(21(26,27)28)34(3)33-14/h5-6H,4H2,1-3H3,(H2,29,36)(H,32,37). The number of alkyl halides is 6. The molecule has 0 radical (unpaired) electrons. The summed E-state index contributed by atoms with van der Waals surface area (Å²) in [7, 11) is 0.980. The lowest BCUT2D eigenvalue weighted by molar-refractivity contribution is -0.144. The van der Waals surface area contributed by atoms with Crippen molar-refractivity contribution < 1.29 is 35.9 Å². The third-order valence-corrected chi connectivity index (χ3v) is 7.43. The molecule has 4 aromatic heterocycles. The molecule has 0 saturated carbocycles. The van der Waals surface area contributed by atoms with Gasteiger partial charge in [0.05, 0.1) is 16.4 Å². The molecule has 0 spiro atoms. The molecule has 202 valence electrons. The van der Waals surface area contributed by atoms with Gasteiger partial charge in [0.15, 0.2) is 11.4 Å². The minimum absolute atomic E-state index is 0.0605. The number of primary amides is 1. The number of fused-ring (bicyclic) bond motifs is 1. The van der Waals surface area contributed by atoms with Gasteiger partial charge in [-0.1, -0.05) is 0 Å². The average molecular weight is 624 g/mol. The highest BCUT2D eigenvalue weighted by atomic mass is 79.9. The number of pyridine rings is 1. The first kappa shape index (κ1) is 27.6. The second kappa shape index (κ2) is 9.37. The Balaban J connectivity index is 1.98. The maximum absolute atomic E-state index is 13.7. The number of rotatable bonds is 5. The van der Waals surface area contributed by atoms with Crippen LogP contribution in [-0.2, 0) is 25.9 Å². The first-order valence-electron chi connectivity index (χ1n) is 10.5. The van der Waals surface area contributed by atoms with Crippen LogP contribution in [0.4, 0.5) is 32.0 Å². The van der Waals surface area contributed by atoms with Gasteiger partial charge in [-0.15, -0.1) is 11.3 Å². The number of amides is 2. The number of nitrogens with zero attached hydrogens (tertiary/aromatic N) is 5. The van der Waals surface area contributed by atoms with Crippen LogP contribution < -0.4 is 11.1 Å². The van der Waals surface area contributed by atoms with Crippen LogP contribution in [0.1, 0.15) is 44.2 Å². The van der Waals surface area contributed by atoms with Crippen molar-refractivity contribution in [1.82, 2.24) is 24.5 Å². The molecule has 0 saturated heterocycles. The number of nitrogens with one attached hydrogen (secondary N) is 1. The first-order chi connectivity index (χ1) is 17.6. The Morgan fingerprint density at radius 2 is 1.82 bits per heavy atom. The molecule has 0 bridgehead atoms. The van der Waals surface area contributed by atoms with Crippen molar-refractivity contribution in [1.29, 1.82) is 0 Å². The van der Waals surface area contributed by atoms with Gasteiger partial charge in [0.1, 0.15) is 15.4 Å². The van der Waals surface area contributed by atoms with Crippen LogP contribution in [0.15, 0.2) is 16.7 Å². The van der Waals surface area contributed by atoms with Gasteiger partial charge >= 0.3 is 12.4 Å². The van der Waals surface area contributed by atoms with Crippen LogP contribution in [0.3, 0.4) is 0 Å². The monoisotopic (exact) mass is 623 g/mol. The summed E-state index contributed by atoms with van der Waals surface area (Å²) in [4.78, 5) is 28.3. The predicted octanol–water partition coefficient (Wildman–Crippen LogP) is 5.37. The summed E-state index contributed by atoms with van der Waals surface area (Å²) in [6, 6.07) is 0.748. The lowest BCUT2D eigenvalue weighted by atomic mass is 10.0. The number of aryl methyl sites for hydroxylation is 2. The fourth-order valence-electron chi connectivity index (χ4n) is 3.90. The Kier molecular flexibility index (Phi) is 6.80. The number of anilines is 1. The third kappa shape index (κ3) is 4.63. The van der Waals surface area contributed by atoms with Crippen LogP contribution in [0, 0.1) is 6.92 Å². The number of hydrogen-bond donors (Lipinski definition) is 2. The highest BCUT2D eigenvalue weighted by molar-refractivity contribution is 9.10. The normalized spacial score (nSPS) is 12.4. The molecular weight excluding hydrogens is 608 g/mol. The number of carbonyl (C=O) groups excluding carboxylic acids is 2. The molecule has 38 heavy (non-hydrogen) atoms. The molecular formula is C21H16BrF6N7O2S. The summed E-state index contributed by atoms with van der Waals surface area (Å²) in [6.45, 7) is 3.80. The van der Waals surface area contributed by atoms with Gasteiger partial charge in [-0.2, -0.15) is 36.5 Å². The number of carbonyl (C=O) groups is 2. The van der Waals surface area contributed by atoms with E-state index in [1.165, 1.54) is 10.9 Å². The second-order valence-corrected chi connectivity index (χ2v) is 9.74. The zero-order valence-corrected chi connectivity index (χ0v) is 21.9. The molecule has 0 aliphatic carbocycles. The minimum Gasteiger partial charge on any atom is -0.365 e. The minimum atomic E-state index is -4.86. The van der Waals surface area contributed by atoms with Gasteiger partial charge in [0, 0.05) is 30.2 Å². The van der Waals surface area contributed by atoms with E-state index in [2.05, 4.69) is 36.4 Å². The molecule has 17 heteroatoms. The molecule has 2 amide bonds. The predicted molar refractivity (Wildman–Crippen MR) is 129 cm³/mol. The van der Waals surface area contributed by atoms with Gasteiger partial charge in [-0.25, -0.2) is 4.98 Å². The van der Waals surface area contributed by atoms with E-state index in [4.69, 9.17) is 5.73 Å². The fraction of sp³-hybridized carbons (Fsp3) is 0.286. The van der Waals surface area contributed by atoms with Crippen molar-refractivity contribution in [3.63, 3.8) is 0 Å². The van der Waals surface area contributed by atoms with E-state index in [0.29, 0.717) is 28.3 Å². The molecule has 0 unspecified atom stereocenters. The summed E-state index contributed by atoms with van der Waals surface area (Å²) in [5, 5.41) is 10.0. The number of hydrogen-bond acceptors (Lipinski definition) is 6. The number of thiophene rings is 1. The van der Waals surface area contributed by atoms with Crippen LogP contribution >= 0.6 is 27.3 Å². The lowest BCUT2D eigenvalue weighted by Gasteiger charge is -2.12. The smallest absolute Gasteiger partial charge is 0.365 e. The van der Waals surface area contributed by atoms with E-state index in [1.807, 2.05) is 0 Å². The number of halogens is 7. The van der Waals surface area contributed by atoms with E-state index in [1.54, 1.807) is 13.8 Å². The third-order valence-electron chi connectivity index (χ3n) is 5.58. The van der Waals surface area contributed by atoms with Crippen LogP contribution in [-0.4, -0.2) is 36.4 Å². The lowest BCUT2D eigenvalue weighted by Crippen LogP contribution is -2.17. The van der Waals surface area contributed by atoms with E-state index in [0.717, 1.165) is 13.1 Å². The van der Waals surface area contributed by atoms with Crippen LogP contribution in [0.25, 0.3) is 21.3 Å². The molecule has 0 aliphatic rings. The Morgan fingerprint density at radius 3 is 2.32 bits per heavy atom. The van der Waals surface area contributed by atoms with Crippen molar-refractivity contribution in [2.45, 2.75) is 32.7 Å². The zero-order valence-electron chi connectivity index (χ0n) is 19.5. The van der Waals surface area contributed by atoms with Gasteiger partial charge in [0.25, 0.3) is 11.8 Å². The quantitative estimate of drug-likeness (QED) is 0.289. The second-order valence-electron chi connectivity index (χ2n) is 7.95. The molecule has 0 atom stereocenters. The molecule has 3 N–H and O–H groups in total. The van der Waals surface area contributed by atoms with Crippen molar-refractivity contribution >= 4 is 55.0 Å². The molecule has 0 aliphatic heterocycles.